The van der Waals surface area contributed by atoms with Gasteiger partial charge in [-0.25, -0.2) is 13.4 Å². The summed E-state index contributed by atoms with van der Waals surface area (Å²) in [5, 5.41) is 3.33. The monoisotopic (exact) mass is 393 g/mol. The number of sulfonamides is 1. The van der Waals surface area contributed by atoms with E-state index in [1.165, 1.54) is 31.5 Å². The number of nitrogens with zero attached hydrogens (tertiary/aromatic N) is 1. The number of hydrogen-bond acceptors (Lipinski definition) is 6. The molecule has 0 saturated heterocycles. The van der Waals surface area contributed by atoms with Gasteiger partial charge in [0, 0.05) is 0 Å². The van der Waals surface area contributed by atoms with Gasteiger partial charge in [0.2, 0.25) is 0 Å². The van der Waals surface area contributed by atoms with E-state index in [2.05, 4.69) is 15.0 Å². The minimum Gasteiger partial charge on any atom is -0.495 e. The lowest BCUT2D eigenvalue weighted by atomic mass is 10.3. The van der Waals surface area contributed by atoms with Crippen LogP contribution in [0.5, 0.6) is 5.75 Å². The third kappa shape index (κ3) is 4.27. The van der Waals surface area contributed by atoms with E-state index in [4.69, 9.17) is 20.8 Å². The van der Waals surface area contributed by atoms with Gasteiger partial charge in [-0.2, -0.15) is 0 Å². The first-order chi connectivity index (χ1) is 12.5. The van der Waals surface area contributed by atoms with Crippen LogP contribution in [0.2, 0.25) is 5.02 Å². The molecule has 3 aromatic rings. The van der Waals surface area contributed by atoms with Crippen LogP contribution in [0, 0.1) is 0 Å². The Morgan fingerprint density at radius 3 is 2.69 bits per heavy atom. The Morgan fingerprint density at radius 1 is 1.23 bits per heavy atom. The molecule has 2 aromatic heterocycles. The largest absolute Gasteiger partial charge is 0.495 e. The summed E-state index contributed by atoms with van der Waals surface area (Å²) < 4.78 is 37.5. The Bertz CT molecular complexity index is 974. The molecule has 0 atom stereocenters. The third-order valence-corrected chi connectivity index (χ3v) is 5.13. The van der Waals surface area contributed by atoms with Crippen molar-refractivity contribution in [2.24, 2.45) is 0 Å². The summed E-state index contributed by atoms with van der Waals surface area (Å²) in [6, 6.07) is 11.2. The molecular formula is C17H16ClN3O4S. The standard InChI is InChI=1S/C17H16ClN3O4S/c1-24-16-6-5-14(9-15(16)18)26(22,23)21-17-7-4-12(10-20-17)19-11-13-3-2-8-25-13/h2-10,19H,11H2,1H3,(H,20,21). The van der Waals surface area contributed by atoms with E-state index in [1.54, 1.807) is 24.5 Å². The molecule has 1 aromatic carbocycles. The number of halogens is 1. The van der Waals surface area contributed by atoms with Crippen LogP contribution in [0.1, 0.15) is 5.76 Å². The van der Waals surface area contributed by atoms with E-state index in [1.807, 2.05) is 6.07 Å². The molecule has 2 heterocycles. The zero-order valence-electron chi connectivity index (χ0n) is 13.8. The molecule has 3 rings (SSSR count). The molecule has 26 heavy (non-hydrogen) atoms. The summed E-state index contributed by atoms with van der Waals surface area (Å²) in [5.74, 6) is 1.38. The van der Waals surface area contributed by atoms with Gasteiger partial charge in [-0.3, -0.25) is 4.72 Å². The van der Waals surface area contributed by atoms with Gasteiger partial charge in [0.15, 0.2) is 0 Å². The maximum atomic E-state index is 12.4. The number of methoxy groups -OCH3 is 1. The maximum absolute atomic E-state index is 12.4. The van der Waals surface area contributed by atoms with E-state index < -0.39 is 10.0 Å². The quantitative estimate of drug-likeness (QED) is 0.635. The average molecular weight is 394 g/mol. The van der Waals surface area contributed by atoms with Crippen LogP contribution in [0.15, 0.2) is 64.2 Å². The Hall–Kier alpha value is -2.71. The summed E-state index contributed by atoms with van der Waals surface area (Å²) in [6.07, 6.45) is 3.13. The maximum Gasteiger partial charge on any atom is 0.263 e. The number of hydrogen-bond donors (Lipinski definition) is 2. The summed E-state index contributed by atoms with van der Waals surface area (Å²) in [5.41, 5.74) is 0.733. The van der Waals surface area contributed by atoms with Gasteiger partial charge in [-0.05, 0) is 42.5 Å². The second-order valence-electron chi connectivity index (χ2n) is 5.27. The lowest BCUT2D eigenvalue weighted by Crippen LogP contribution is -2.14. The Morgan fingerprint density at radius 2 is 2.08 bits per heavy atom. The highest BCUT2D eigenvalue weighted by atomic mass is 35.5. The molecular weight excluding hydrogens is 378 g/mol. The number of pyridine rings is 1. The van der Waals surface area contributed by atoms with Crippen molar-refractivity contribution < 1.29 is 17.6 Å². The smallest absolute Gasteiger partial charge is 0.263 e. The molecule has 0 aliphatic rings. The molecule has 0 unspecified atom stereocenters. The Kier molecular flexibility index (Phi) is 5.34. The normalized spacial score (nSPS) is 11.2. The van der Waals surface area contributed by atoms with Gasteiger partial charge in [-0.1, -0.05) is 11.6 Å². The van der Waals surface area contributed by atoms with Gasteiger partial charge >= 0.3 is 0 Å². The van der Waals surface area contributed by atoms with Crippen molar-refractivity contribution in [2.45, 2.75) is 11.4 Å². The molecule has 2 N–H and O–H groups in total. The van der Waals surface area contributed by atoms with Crippen LogP contribution in [0.3, 0.4) is 0 Å². The third-order valence-electron chi connectivity index (χ3n) is 3.48. The number of rotatable bonds is 7. The average Bonchev–Trinajstić information content (AvgIpc) is 3.14. The molecule has 9 heteroatoms. The van der Waals surface area contributed by atoms with Gasteiger partial charge in [0.05, 0.1) is 41.7 Å². The number of benzene rings is 1. The number of nitrogens with one attached hydrogen (secondary N) is 2. The molecule has 0 aliphatic carbocycles. The number of furan rings is 1. The SMILES string of the molecule is COc1ccc(S(=O)(=O)Nc2ccc(NCc3ccco3)cn2)cc1Cl. The topological polar surface area (TPSA) is 93.5 Å². The van der Waals surface area contributed by atoms with Crippen LogP contribution >= 0.6 is 11.6 Å². The van der Waals surface area contributed by atoms with Gasteiger partial charge < -0.3 is 14.5 Å². The molecule has 0 aliphatic heterocycles. The fraction of sp³-hybridized carbons (Fsp3) is 0.118. The number of anilines is 2. The predicted molar refractivity (Wildman–Crippen MR) is 99.1 cm³/mol. The first-order valence-electron chi connectivity index (χ1n) is 7.56. The zero-order chi connectivity index (χ0) is 18.6. The van der Waals surface area contributed by atoms with E-state index in [0.29, 0.717) is 12.3 Å². The zero-order valence-corrected chi connectivity index (χ0v) is 15.3. The molecule has 0 fully saturated rings. The molecule has 0 saturated carbocycles. The highest BCUT2D eigenvalue weighted by molar-refractivity contribution is 7.92. The summed E-state index contributed by atoms with van der Waals surface area (Å²) in [7, 11) is -2.35. The van der Waals surface area contributed by atoms with E-state index in [9.17, 15) is 8.42 Å². The Balaban J connectivity index is 1.68. The van der Waals surface area contributed by atoms with Gasteiger partial charge in [-0.15, -0.1) is 0 Å². The summed E-state index contributed by atoms with van der Waals surface area (Å²) >= 11 is 5.99. The van der Waals surface area contributed by atoms with E-state index >= 15 is 0 Å². The second-order valence-corrected chi connectivity index (χ2v) is 7.36. The lowest BCUT2D eigenvalue weighted by molar-refractivity contribution is 0.414. The van der Waals surface area contributed by atoms with Crippen molar-refractivity contribution in [3.8, 4) is 5.75 Å². The highest BCUT2D eigenvalue weighted by Crippen LogP contribution is 2.27. The molecule has 0 spiro atoms. The van der Waals surface area contributed by atoms with Crippen molar-refractivity contribution in [1.29, 1.82) is 0 Å². The molecule has 0 bridgehead atoms. The molecule has 0 amide bonds. The fourth-order valence-electron chi connectivity index (χ4n) is 2.17. The summed E-state index contributed by atoms with van der Waals surface area (Å²) in [4.78, 5) is 4.12. The second kappa shape index (κ2) is 7.67. The first kappa shape index (κ1) is 18.1. The van der Waals surface area contributed by atoms with Crippen molar-refractivity contribution in [3.63, 3.8) is 0 Å². The van der Waals surface area contributed by atoms with Crippen LogP contribution < -0.4 is 14.8 Å². The molecule has 136 valence electrons. The number of aromatic nitrogens is 1. The van der Waals surface area contributed by atoms with Crippen LogP contribution in [0.25, 0.3) is 0 Å². The first-order valence-corrected chi connectivity index (χ1v) is 9.43. The van der Waals surface area contributed by atoms with Gasteiger partial charge in [0.1, 0.15) is 17.3 Å². The van der Waals surface area contributed by atoms with E-state index in [0.717, 1.165) is 11.4 Å². The minimum atomic E-state index is -3.81. The van der Waals surface area contributed by atoms with Gasteiger partial charge in [0.25, 0.3) is 10.0 Å². The van der Waals surface area contributed by atoms with Crippen LogP contribution in [-0.2, 0) is 16.6 Å². The Labute approximate surface area is 156 Å². The predicted octanol–water partition coefficient (Wildman–Crippen LogP) is 3.75. The van der Waals surface area contributed by atoms with E-state index in [-0.39, 0.29) is 15.7 Å². The highest BCUT2D eigenvalue weighted by Gasteiger charge is 2.16. The van der Waals surface area contributed by atoms with Crippen LogP contribution in [-0.4, -0.2) is 20.5 Å². The lowest BCUT2D eigenvalue weighted by Gasteiger charge is -2.10. The van der Waals surface area contributed by atoms with Crippen LogP contribution in [0.4, 0.5) is 11.5 Å². The minimum absolute atomic E-state index is 0.0186. The van der Waals surface area contributed by atoms with Crippen molar-refractivity contribution in [3.05, 3.63) is 65.7 Å². The summed E-state index contributed by atoms with van der Waals surface area (Å²) in [6.45, 7) is 0.504. The number of ether oxygens (including phenoxy) is 1. The molecule has 0 radical (unpaired) electrons. The van der Waals surface area contributed by atoms with Crippen molar-refractivity contribution in [1.82, 2.24) is 4.98 Å². The molecule has 7 nitrogen and oxygen atoms in total. The van der Waals surface area contributed by atoms with Crippen molar-refractivity contribution >= 4 is 33.1 Å². The fourth-order valence-corrected chi connectivity index (χ4v) is 3.53. The van der Waals surface area contributed by atoms with Crippen molar-refractivity contribution in [2.75, 3.05) is 17.1 Å².